The summed E-state index contributed by atoms with van der Waals surface area (Å²) in [4.78, 5) is 42.5. The fourth-order valence-electron chi connectivity index (χ4n) is 1.88. The van der Waals surface area contributed by atoms with Crippen LogP contribution < -0.4 is 16.0 Å². The van der Waals surface area contributed by atoms with Gasteiger partial charge >= 0.3 is 11.8 Å². The Morgan fingerprint density at radius 1 is 1.10 bits per heavy atom. The van der Waals surface area contributed by atoms with Crippen LogP contribution in [0.4, 0.5) is 5.95 Å². The molecular weight excluding hydrogens is 262 g/mol. The summed E-state index contributed by atoms with van der Waals surface area (Å²) in [7, 11) is 0. The lowest BCUT2D eigenvalue weighted by molar-refractivity contribution is -0.141. The number of imide groups is 1. The minimum Gasteiger partial charge on any atom is -0.317 e. The summed E-state index contributed by atoms with van der Waals surface area (Å²) >= 11 is 0. The van der Waals surface area contributed by atoms with Crippen molar-refractivity contribution in [3.05, 3.63) is 18.5 Å². The Hall–Kier alpha value is -2.35. The zero-order valence-corrected chi connectivity index (χ0v) is 10.8. The third-order valence-corrected chi connectivity index (χ3v) is 2.94. The van der Waals surface area contributed by atoms with Gasteiger partial charge in [-0.1, -0.05) is 0 Å². The molecule has 1 saturated heterocycles. The Morgan fingerprint density at radius 3 is 2.40 bits per heavy atom. The van der Waals surface area contributed by atoms with Crippen LogP contribution in [0.1, 0.15) is 12.8 Å². The molecule has 0 saturated carbocycles. The summed E-state index contributed by atoms with van der Waals surface area (Å²) in [5.41, 5.74) is 0. The molecule has 106 valence electrons. The topological polar surface area (TPSA) is 113 Å². The zero-order chi connectivity index (χ0) is 14.4. The van der Waals surface area contributed by atoms with E-state index in [0.29, 0.717) is 12.8 Å². The van der Waals surface area contributed by atoms with E-state index in [1.807, 2.05) is 0 Å². The highest BCUT2D eigenvalue weighted by Gasteiger charge is 2.25. The third kappa shape index (κ3) is 3.82. The van der Waals surface area contributed by atoms with E-state index in [2.05, 4.69) is 25.9 Å². The lowest BCUT2D eigenvalue weighted by Crippen LogP contribution is -2.44. The summed E-state index contributed by atoms with van der Waals surface area (Å²) in [6.07, 6.45) is 4.17. The van der Waals surface area contributed by atoms with E-state index in [-0.39, 0.29) is 11.9 Å². The lowest BCUT2D eigenvalue weighted by Gasteiger charge is -2.21. The highest BCUT2D eigenvalue weighted by atomic mass is 16.2. The molecule has 0 radical (unpaired) electrons. The number of hydrogen-bond acceptors (Lipinski definition) is 6. The molecule has 1 aliphatic heterocycles. The molecule has 1 aromatic heterocycles. The molecule has 20 heavy (non-hydrogen) atoms. The molecule has 0 bridgehead atoms. The minimum absolute atomic E-state index is 0.0157. The molecule has 2 rings (SSSR count). The molecule has 8 heteroatoms. The molecule has 3 amide bonds. The summed E-state index contributed by atoms with van der Waals surface area (Å²) in [5, 5.41) is 7.43. The lowest BCUT2D eigenvalue weighted by atomic mass is 9.97. The second kappa shape index (κ2) is 6.71. The average Bonchev–Trinajstić information content (AvgIpc) is 2.49. The molecule has 8 nitrogen and oxygen atoms in total. The Kier molecular flexibility index (Phi) is 4.72. The van der Waals surface area contributed by atoms with E-state index >= 15 is 0 Å². The Balaban J connectivity index is 1.84. The van der Waals surface area contributed by atoms with Crippen molar-refractivity contribution in [2.24, 2.45) is 5.92 Å². The third-order valence-electron chi connectivity index (χ3n) is 2.94. The van der Waals surface area contributed by atoms with E-state index in [1.54, 1.807) is 6.07 Å². The first kappa shape index (κ1) is 14.1. The predicted molar refractivity (Wildman–Crippen MR) is 69.4 cm³/mol. The largest absolute Gasteiger partial charge is 0.317 e. The Bertz CT molecular complexity index is 499. The summed E-state index contributed by atoms with van der Waals surface area (Å²) in [6, 6.07) is 1.58. The number of piperidine rings is 1. The van der Waals surface area contributed by atoms with Crippen LogP contribution >= 0.6 is 0 Å². The predicted octanol–water partition coefficient (Wildman–Crippen LogP) is -0.942. The maximum absolute atomic E-state index is 11.8. The van der Waals surface area contributed by atoms with Crippen LogP contribution in [0.15, 0.2) is 18.5 Å². The van der Waals surface area contributed by atoms with Gasteiger partial charge in [0.1, 0.15) is 0 Å². The molecule has 1 fully saturated rings. The smallest absolute Gasteiger partial charge is 0.316 e. The molecule has 0 aromatic carbocycles. The first-order chi connectivity index (χ1) is 9.66. The van der Waals surface area contributed by atoms with Gasteiger partial charge in [0.25, 0.3) is 0 Å². The fraction of sp³-hybridized carbons (Fsp3) is 0.417. The van der Waals surface area contributed by atoms with E-state index in [9.17, 15) is 14.4 Å². The van der Waals surface area contributed by atoms with Crippen LogP contribution in [0.25, 0.3) is 0 Å². The van der Waals surface area contributed by atoms with Crippen molar-refractivity contribution < 1.29 is 14.4 Å². The first-order valence-electron chi connectivity index (χ1n) is 6.30. The maximum Gasteiger partial charge on any atom is 0.316 e. The maximum atomic E-state index is 11.8. The first-order valence-corrected chi connectivity index (χ1v) is 6.30. The van der Waals surface area contributed by atoms with Crippen LogP contribution in [-0.4, -0.2) is 40.8 Å². The molecule has 0 unspecified atom stereocenters. The van der Waals surface area contributed by atoms with Crippen molar-refractivity contribution in [1.82, 2.24) is 20.6 Å². The number of nitrogens with zero attached hydrogens (tertiary/aromatic N) is 2. The van der Waals surface area contributed by atoms with Crippen molar-refractivity contribution in [2.75, 3.05) is 18.4 Å². The van der Waals surface area contributed by atoms with E-state index in [1.165, 1.54) is 12.4 Å². The number of hydrogen-bond donors (Lipinski definition) is 3. The quantitative estimate of drug-likeness (QED) is 0.601. The van der Waals surface area contributed by atoms with Crippen LogP contribution in [0.5, 0.6) is 0 Å². The second-order valence-electron chi connectivity index (χ2n) is 4.37. The van der Waals surface area contributed by atoms with Crippen LogP contribution in [-0.2, 0) is 14.4 Å². The monoisotopic (exact) mass is 277 g/mol. The van der Waals surface area contributed by atoms with Gasteiger partial charge in [0.15, 0.2) is 0 Å². The van der Waals surface area contributed by atoms with Gasteiger partial charge in [-0.2, -0.15) is 0 Å². The SMILES string of the molecule is O=C(NC(=O)C1CCNCC1)C(=O)Nc1ncccn1. The van der Waals surface area contributed by atoms with Gasteiger partial charge in [-0.15, -0.1) is 0 Å². The molecule has 1 aliphatic rings. The second-order valence-corrected chi connectivity index (χ2v) is 4.37. The van der Waals surface area contributed by atoms with E-state index in [4.69, 9.17) is 0 Å². The number of nitrogens with one attached hydrogen (secondary N) is 3. The molecular formula is C12H15N5O3. The van der Waals surface area contributed by atoms with Gasteiger partial charge in [0, 0.05) is 18.3 Å². The van der Waals surface area contributed by atoms with Gasteiger partial charge in [0.05, 0.1) is 0 Å². The van der Waals surface area contributed by atoms with Crippen molar-refractivity contribution in [3.63, 3.8) is 0 Å². The molecule has 0 spiro atoms. The van der Waals surface area contributed by atoms with Gasteiger partial charge in [0.2, 0.25) is 11.9 Å². The molecule has 3 N–H and O–H groups in total. The summed E-state index contributed by atoms with van der Waals surface area (Å²) in [5.74, 6) is -2.59. The molecule has 1 aromatic rings. The molecule has 2 heterocycles. The molecule has 0 atom stereocenters. The van der Waals surface area contributed by atoms with Crippen LogP contribution in [0.3, 0.4) is 0 Å². The minimum atomic E-state index is -0.999. The van der Waals surface area contributed by atoms with Crippen molar-refractivity contribution in [1.29, 1.82) is 0 Å². The standard InChI is InChI=1S/C12H15N5O3/c18-9(8-2-6-13-7-3-8)16-10(19)11(20)17-12-14-4-1-5-15-12/h1,4-5,8,13H,2-3,6-7H2,(H,16,18,19)(H,14,15,17,20). The number of anilines is 1. The number of carbonyl (C=O) groups excluding carboxylic acids is 3. The van der Waals surface area contributed by atoms with Crippen molar-refractivity contribution in [2.45, 2.75) is 12.8 Å². The van der Waals surface area contributed by atoms with E-state index in [0.717, 1.165) is 13.1 Å². The normalized spacial score (nSPS) is 15.4. The molecule has 0 aliphatic carbocycles. The van der Waals surface area contributed by atoms with Gasteiger partial charge in [-0.05, 0) is 32.0 Å². The number of amides is 3. The van der Waals surface area contributed by atoms with Crippen LogP contribution in [0.2, 0.25) is 0 Å². The Labute approximate surface area is 115 Å². The average molecular weight is 277 g/mol. The van der Waals surface area contributed by atoms with E-state index < -0.39 is 17.7 Å². The number of aromatic nitrogens is 2. The van der Waals surface area contributed by atoms with Gasteiger partial charge in [-0.3, -0.25) is 25.0 Å². The van der Waals surface area contributed by atoms with Crippen molar-refractivity contribution in [3.8, 4) is 0 Å². The zero-order valence-electron chi connectivity index (χ0n) is 10.8. The summed E-state index contributed by atoms with van der Waals surface area (Å²) < 4.78 is 0. The highest BCUT2D eigenvalue weighted by molar-refractivity contribution is 6.41. The number of rotatable bonds is 2. The fourth-order valence-corrected chi connectivity index (χ4v) is 1.88. The summed E-state index contributed by atoms with van der Waals surface area (Å²) in [6.45, 7) is 1.46. The number of carbonyl (C=O) groups is 3. The Morgan fingerprint density at radius 2 is 1.75 bits per heavy atom. The van der Waals surface area contributed by atoms with Crippen molar-refractivity contribution >= 4 is 23.7 Å². The highest BCUT2D eigenvalue weighted by Crippen LogP contribution is 2.11. The van der Waals surface area contributed by atoms with Gasteiger partial charge in [-0.25, -0.2) is 9.97 Å². The van der Waals surface area contributed by atoms with Gasteiger partial charge < -0.3 is 5.32 Å². The van der Waals surface area contributed by atoms with Crippen LogP contribution in [0, 0.1) is 5.92 Å².